The standard InChI is InChI=1S/C13H14IN3/c1-9-2-3-10(7-16-9)8-17-13-5-4-11(14)6-12(13)15/h2-7,17H,8,15H2,1H3. The summed E-state index contributed by atoms with van der Waals surface area (Å²) in [5, 5.41) is 3.31. The zero-order valence-electron chi connectivity index (χ0n) is 9.57. The van der Waals surface area contributed by atoms with Crippen LogP contribution in [0, 0.1) is 10.5 Å². The second-order valence-electron chi connectivity index (χ2n) is 3.89. The molecule has 0 saturated carbocycles. The number of aromatic nitrogens is 1. The number of rotatable bonds is 3. The van der Waals surface area contributed by atoms with E-state index in [1.165, 1.54) is 0 Å². The highest BCUT2D eigenvalue weighted by atomic mass is 127. The van der Waals surface area contributed by atoms with Crippen LogP contribution in [0.15, 0.2) is 36.5 Å². The number of nitrogens with two attached hydrogens (primary N) is 1. The van der Waals surface area contributed by atoms with E-state index in [1.54, 1.807) is 0 Å². The average Bonchev–Trinajstić information content (AvgIpc) is 2.30. The third-order valence-corrected chi connectivity index (χ3v) is 3.14. The largest absolute Gasteiger partial charge is 0.397 e. The Kier molecular flexibility index (Phi) is 3.83. The predicted octanol–water partition coefficient (Wildman–Crippen LogP) is 3.19. The molecule has 2 aromatic rings. The molecule has 2 rings (SSSR count). The predicted molar refractivity (Wildman–Crippen MR) is 79.9 cm³/mol. The number of anilines is 2. The molecule has 0 aliphatic carbocycles. The molecular weight excluding hydrogens is 325 g/mol. The highest BCUT2D eigenvalue weighted by molar-refractivity contribution is 14.1. The first kappa shape index (κ1) is 12.2. The quantitative estimate of drug-likeness (QED) is 0.667. The summed E-state index contributed by atoms with van der Waals surface area (Å²) in [4.78, 5) is 4.26. The third kappa shape index (κ3) is 3.33. The van der Waals surface area contributed by atoms with Crippen molar-refractivity contribution in [3.05, 3.63) is 51.4 Å². The Morgan fingerprint density at radius 3 is 2.76 bits per heavy atom. The molecule has 3 nitrogen and oxygen atoms in total. The molecule has 0 aliphatic rings. The molecule has 0 bridgehead atoms. The monoisotopic (exact) mass is 339 g/mol. The molecule has 0 aliphatic heterocycles. The van der Waals surface area contributed by atoms with Crippen molar-refractivity contribution in [1.29, 1.82) is 0 Å². The van der Waals surface area contributed by atoms with E-state index in [-0.39, 0.29) is 0 Å². The number of aryl methyl sites for hydroxylation is 1. The highest BCUT2D eigenvalue weighted by Gasteiger charge is 1.99. The number of nitrogens with one attached hydrogen (secondary N) is 1. The van der Waals surface area contributed by atoms with Crippen LogP contribution in [0.2, 0.25) is 0 Å². The maximum atomic E-state index is 5.93. The fourth-order valence-corrected chi connectivity index (χ4v) is 2.01. The van der Waals surface area contributed by atoms with Crippen molar-refractivity contribution in [1.82, 2.24) is 4.98 Å². The molecule has 0 fully saturated rings. The zero-order valence-corrected chi connectivity index (χ0v) is 11.7. The topological polar surface area (TPSA) is 50.9 Å². The molecule has 0 saturated heterocycles. The average molecular weight is 339 g/mol. The number of pyridine rings is 1. The normalized spacial score (nSPS) is 10.2. The summed E-state index contributed by atoms with van der Waals surface area (Å²) in [7, 11) is 0. The molecule has 0 amide bonds. The number of nitrogen functional groups attached to an aromatic ring is 1. The molecular formula is C13H14IN3. The second-order valence-corrected chi connectivity index (χ2v) is 5.14. The van der Waals surface area contributed by atoms with E-state index in [0.29, 0.717) is 0 Å². The number of benzene rings is 1. The van der Waals surface area contributed by atoms with Crippen LogP contribution in [0.3, 0.4) is 0 Å². The molecule has 0 atom stereocenters. The molecule has 3 N–H and O–H groups in total. The van der Waals surface area contributed by atoms with Gasteiger partial charge in [-0.2, -0.15) is 0 Å². The Labute approximate surface area is 115 Å². The van der Waals surface area contributed by atoms with Gasteiger partial charge in [0.05, 0.1) is 11.4 Å². The van der Waals surface area contributed by atoms with Crippen LogP contribution in [-0.2, 0) is 6.54 Å². The summed E-state index contributed by atoms with van der Waals surface area (Å²) in [6.45, 7) is 2.71. The van der Waals surface area contributed by atoms with Crippen molar-refractivity contribution >= 4 is 34.0 Å². The Morgan fingerprint density at radius 1 is 1.29 bits per heavy atom. The molecule has 4 heteroatoms. The van der Waals surface area contributed by atoms with Crippen molar-refractivity contribution < 1.29 is 0 Å². The van der Waals surface area contributed by atoms with Gasteiger partial charge in [-0.05, 0) is 59.3 Å². The van der Waals surface area contributed by atoms with Crippen LogP contribution in [0.1, 0.15) is 11.3 Å². The van der Waals surface area contributed by atoms with Gasteiger partial charge >= 0.3 is 0 Å². The van der Waals surface area contributed by atoms with E-state index in [0.717, 1.165) is 32.7 Å². The molecule has 1 aromatic carbocycles. The minimum atomic E-state index is 0.734. The summed E-state index contributed by atoms with van der Waals surface area (Å²) in [5.74, 6) is 0. The highest BCUT2D eigenvalue weighted by Crippen LogP contribution is 2.21. The third-order valence-electron chi connectivity index (χ3n) is 2.47. The first-order chi connectivity index (χ1) is 8.15. The van der Waals surface area contributed by atoms with Gasteiger partial charge in [-0.1, -0.05) is 6.07 Å². The van der Waals surface area contributed by atoms with Crippen LogP contribution in [-0.4, -0.2) is 4.98 Å². The molecule has 88 valence electrons. The Hall–Kier alpha value is -1.30. The fraction of sp³-hybridized carbons (Fsp3) is 0.154. The van der Waals surface area contributed by atoms with Gasteiger partial charge in [-0.3, -0.25) is 4.98 Å². The molecule has 1 aromatic heterocycles. The van der Waals surface area contributed by atoms with Crippen LogP contribution in [0.25, 0.3) is 0 Å². The van der Waals surface area contributed by atoms with Crippen LogP contribution < -0.4 is 11.1 Å². The lowest BCUT2D eigenvalue weighted by Crippen LogP contribution is -2.03. The summed E-state index contributed by atoms with van der Waals surface area (Å²) in [5.41, 5.74) is 9.84. The first-order valence-electron chi connectivity index (χ1n) is 5.35. The molecule has 0 radical (unpaired) electrons. The Bertz CT molecular complexity index is 509. The smallest absolute Gasteiger partial charge is 0.0577 e. The van der Waals surface area contributed by atoms with Gasteiger partial charge in [0.2, 0.25) is 0 Å². The van der Waals surface area contributed by atoms with Gasteiger partial charge in [-0.25, -0.2) is 0 Å². The lowest BCUT2D eigenvalue weighted by atomic mass is 10.2. The van der Waals surface area contributed by atoms with Gasteiger partial charge < -0.3 is 11.1 Å². The van der Waals surface area contributed by atoms with Gasteiger partial charge in [-0.15, -0.1) is 0 Å². The summed E-state index contributed by atoms with van der Waals surface area (Å²) in [6, 6.07) is 10.1. The van der Waals surface area contributed by atoms with Gasteiger partial charge in [0.1, 0.15) is 0 Å². The van der Waals surface area contributed by atoms with Crippen molar-refractivity contribution in [2.75, 3.05) is 11.1 Å². The minimum absolute atomic E-state index is 0.734. The van der Waals surface area contributed by atoms with Crippen LogP contribution in [0.4, 0.5) is 11.4 Å². The SMILES string of the molecule is Cc1ccc(CNc2ccc(I)cc2N)cn1. The minimum Gasteiger partial charge on any atom is -0.397 e. The van der Waals surface area contributed by atoms with Crippen molar-refractivity contribution in [2.24, 2.45) is 0 Å². The second kappa shape index (κ2) is 5.35. The van der Waals surface area contributed by atoms with E-state index in [1.807, 2.05) is 37.4 Å². The maximum Gasteiger partial charge on any atom is 0.0577 e. The number of halogens is 1. The van der Waals surface area contributed by atoms with E-state index in [9.17, 15) is 0 Å². The number of hydrogen-bond donors (Lipinski definition) is 2. The lowest BCUT2D eigenvalue weighted by molar-refractivity contribution is 1.09. The first-order valence-corrected chi connectivity index (χ1v) is 6.43. The van der Waals surface area contributed by atoms with E-state index < -0.39 is 0 Å². The molecule has 17 heavy (non-hydrogen) atoms. The summed E-state index contributed by atoms with van der Waals surface area (Å²) in [6.07, 6.45) is 1.88. The van der Waals surface area contributed by atoms with Gasteiger partial charge in [0.15, 0.2) is 0 Å². The van der Waals surface area contributed by atoms with Crippen molar-refractivity contribution in [3.8, 4) is 0 Å². The Balaban J connectivity index is 2.04. The van der Waals surface area contributed by atoms with Crippen LogP contribution in [0.5, 0.6) is 0 Å². The Morgan fingerprint density at radius 2 is 2.12 bits per heavy atom. The maximum absolute atomic E-state index is 5.93. The van der Waals surface area contributed by atoms with Gasteiger partial charge in [0.25, 0.3) is 0 Å². The molecule has 1 heterocycles. The fourth-order valence-electron chi connectivity index (χ4n) is 1.49. The van der Waals surface area contributed by atoms with Gasteiger partial charge in [0, 0.05) is 22.0 Å². The lowest BCUT2D eigenvalue weighted by Gasteiger charge is -2.09. The molecule has 0 unspecified atom stereocenters. The number of nitrogens with zero attached hydrogens (tertiary/aromatic N) is 1. The molecule has 0 spiro atoms. The summed E-state index contributed by atoms with van der Waals surface area (Å²) >= 11 is 2.25. The van der Waals surface area contributed by atoms with Crippen molar-refractivity contribution in [2.45, 2.75) is 13.5 Å². The van der Waals surface area contributed by atoms with Crippen LogP contribution >= 0.6 is 22.6 Å². The van der Waals surface area contributed by atoms with E-state index in [4.69, 9.17) is 5.73 Å². The number of hydrogen-bond acceptors (Lipinski definition) is 3. The zero-order chi connectivity index (χ0) is 12.3. The summed E-state index contributed by atoms with van der Waals surface area (Å²) < 4.78 is 1.14. The van der Waals surface area contributed by atoms with E-state index in [2.05, 4.69) is 39.0 Å². The van der Waals surface area contributed by atoms with E-state index >= 15 is 0 Å². The van der Waals surface area contributed by atoms with Crippen molar-refractivity contribution in [3.63, 3.8) is 0 Å².